The first-order valence-electron chi connectivity index (χ1n) is 9.37. The van der Waals surface area contributed by atoms with E-state index in [-0.39, 0.29) is 24.0 Å². The van der Waals surface area contributed by atoms with Crippen molar-refractivity contribution in [3.63, 3.8) is 0 Å². The Morgan fingerprint density at radius 2 is 1.59 bits per heavy atom. The molecule has 2 aromatic carbocycles. The van der Waals surface area contributed by atoms with Gasteiger partial charge in [0.1, 0.15) is 5.75 Å². The van der Waals surface area contributed by atoms with Crippen LogP contribution in [0.2, 0.25) is 0 Å². The number of guanidine groups is 1. The van der Waals surface area contributed by atoms with Crippen LogP contribution in [0.3, 0.4) is 0 Å². The van der Waals surface area contributed by atoms with Crippen LogP contribution in [0.4, 0.5) is 0 Å². The molecule has 0 saturated heterocycles. The van der Waals surface area contributed by atoms with E-state index in [0.29, 0.717) is 0 Å². The summed E-state index contributed by atoms with van der Waals surface area (Å²) in [6, 6.07) is 14.1. The van der Waals surface area contributed by atoms with Gasteiger partial charge >= 0.3 is 0 Å². The maximum atomic E-state index is 5.37. The Bertz CT molecular complexity index is 766. The van der Waals surface area contributed by atoms with Gasteiger partial charge in [-0.3, -0.25) is 4.99 Å². The minimum atomic E-state index is 0. The molecular formula is C22H32IN3O3. The van der Waals surface area contributed by atoms with Crippen molar-refractivity contribution in [2.75, 3.05) is 42.0 Å². The molecule has 0 aromatic heterocycles. The first-order chi connectivity index (χ1) is 13.6. The predicted octanol–water partition coefficient (Wildman–Crippen LogP) is 3.97. The van der Waals surface area contributed by atoms with Crippen LogP contribution in [0.1, 0.15) is 17.5 Å². The van der Waals surface area contributed by atoms with E-state index in [4.69, 9.17) is 14.2 Å². The van der Waals surface area contributed by atoms with Crippen molar-refractivity contribution in [1.29, 1.82) is 0 Å². The van der Waals surface area contributed by atoms with Crippen LogP contribution in [0.5, 0.6) is 17.2 Å². The third kappa shape index (κ3) is 7.64. The van der Waals surface area contributed by atoms with Crippen LogP contribution in [0, 0.1) is 0 Å². The van der Waals surface area contributed by atoms with Crippen LogP contribution < -0.4 is 19.5 Å². The number of ether oxygens (including phenoxy) is 3. The highest BCUT2D eigenvalue weighted by atomic mass is 127. The molecule has 0 aliphatic heterocycles. The summed E-state index contributed by atoms with van der Waals surface area (Å²) in [5.74, 6) is 3.26. The lowest BCUT2D eigenvalue weighted by Crippen LogP contribution is -2.39. The van der Waals surface area contributed by atoms with Crippen LogP contribution in [-0.4, -0.2) is 52.8 Å². The Labute approximate surface area is 191 Å². The standard InChI is InChI=1S/C22H31N3O3.HI/c1-23-22(25(2)16-18-8-11-19(26-3)12-9-18)24-14-6-7-17-10-13-20(27-4)21(15-17)28-5;/h8-13,15H,6-7,14,16H2,1-5H3,(H,23,24);1H. The number of nitrogens with zero attached hydrogens (tertiary/aromatic N) is 2. The highest BCUT2D eigenvalue weighted by Gasteiger charge is 2.08. The van der Waals surface area contributed by atoms with Gasteiger partial charge in [-0.05, 0) is 48.2 Å². The van der Waals surface area contributed by atoms with E-state index in [1.807, 2.05) is 31.3 Å². The number of aliphatic imine (C=N–C) groups is 1. The Balaban J connectivity index is 0.00000420. The third-order valence-corrected chi connectivity index (χ3v) is 4.53. The first-order valence-corrected chi connectivity index (χ1v) is 9.37. The fraction of sp³-hybridized carbons (Fsp3) is 0.409. The molecular weight excluding hydrogens is 481 g/mol. The zero-order valence-electron chi connectivity index (χ0n) is 17.9. The molecule has 0 bridgehead atoms. The molecule has 2 aromatic rings. The summed E-state index contributed by atoms with van der Waals surface area (Å²) in [5.41, 5.74) is 2.43. The van der Waals surface area contributed by atoms with E-state index < -0.39 is 0 Å². The van der Waals surface area contributed by atoms with Gasteiger partial charge in [-0.15, -0.1) is 24.0 Å². The number of aryl methyl sites for hydroxylation is 1. The van der Waals surface area contributed by atoms with Gasteiger partial charge in [-0.1, -0.05) is 18.2 Å². The normalized spacial score (nSPS) is 10.7. The predicted molar refractivity (Wildman–Crippen MR) is 129 cm³/mol. The smallest absolute Gasteiger partial charge is 0.193 e. The zero-order chi connectivity index (χ0) is 20.4. The first kappa shape index (κ1) is 24.9. The van der Waals surface area contributed by atoms with E-state index >= 15 is 0 Å². The van der Waals surface area contributed by atoms with Crippen LogP contribution >= 0.6 is 24.0 Å². The number of hydrogen-bond acceptors (Lipinski definition) is 4. The highest BCUT2D eigenvalue weighted by molar-refractivity contribution is 14.0. The molecule has 0 heterocycles. The molecule has 0 aliphatic carbocycles. The highest BCUT2D eigenvalue weighted by Crippen LogP contribution is 2.27. The van der Waals surface area contributed by atoms with Crippen LogP contribution in [0.15, 0.2) is 47.5 Å². The topological polar surface area (TPSA) is 55.3 Å². The van der Waals surface area contributed by atoms with Crippen molar-refractivity contribution in [3.8, 4) is 17.2 Å². The van der Waals surface area contributed by atoms with Crippen molar-refractivity contribution in [2.24, 2.45) is 4.99 Å². The zero-order valence-corrected chi connectivity index (χ0v) is 20.2. The van der Waals surface area contributed by atoms with Crippen molar-refractivity contribution in [2.45, 2.75) is 19.4 Å². The van der Waals surface area contributed by atoms with Crippen LogP contribution in [0.25, 0.3) is 0 Å². The Kier molecular flexibility index (Phi) is 11.3. The molecule has 0 aliphatic rings. The van der Waals surface area contributed by atoms with Gasteiger partial charge in [0.2, 0.25) is 0 Å². The van der Waals surface area contributed by atoms with Gasteiger partial charge in [-0.25, -0.2) is 0 Å². The van der Waals surface area contributed by atoms with Gasteiger partial charge in [0.25, 0.3) is 0 Å². The molecule has 160 valence electrons. The molecule has 0 atom stereocenters. The van der Waals surface area contributed by atoms with Gasteiger partial charge in [0.05, 0.1) is 21.3 Å². The molecule has 0 spiro atoms. The van der Waals surface area contributed by atoms with E-state index in [1.165, 1.54) is 11.1 Å². The molecule has 0 unspecified atom stereocenters. The average molecular weight is 513 g/mol. The summed E-state index contributed by atoms with van der Waals surface area (Å²) in [6.45, 7) is 1.62. The number of halogens is 1. The van der Waals surface area contributed by atoms with E-state index in [9.17, 15) is 0 Å². The SMILES string of the molecule is CN=C(NCCCc1ccc(OC)c(OC)c1)N(C)Cc1ccc(OC)cc1.I. The van der Waals surface area contributed by atoms with Gasteiger partial charge in [0, 0.05) is 27.2 Å². The third-order valence-electron chi connectivity index (χ3n) is 4.53. The van der Waals surface area contributed by atoms with Crippen LogP contribution in [-0.2, 0) is 13.0 Å². The molecule has 1 N–H and O–H groups in total. The quantitative estimate of drug-likeness (QED) is 0.238. The van der Waals surface area contributed by atoms with Gasteiger partial charge < -0.3 is 24.4 Å². The molecule has 7 heteroatoms. The summed E-state index contributed by atoms with van der Waals surface area (Å²) < 4.78 is 15.9. The second kappa shape index (κ2) is 13.1. The number of hydrogen-bond donors (Lipinski definition) is 1. The molecule has 0 amide bonds. The summed E-state index contributed by atoms with van der Waals surface area (Å²) >= 11 is 0. The average Bonchev–Trinajstić information content (AvgIpc) is 2.74. The summed E-state index contributed by atoms with van der Waals surface area (Å²) in [7, 11) is 8.82. The maximum absolute atomic E-state index is 5.37. The largest absolute Gasteiger partial charge is 0.497 e. The molecule has 29 heavy (non-hydrogen) atoms. The second-order valence-electron chi connectivity index (χ2n) is 6.47. The van der Waals surface area contributed by atoms with Gasteiger partial charge in [0.15, 0.2) is 17.5 Å². The fourth-order valence-electron chi connectivity index (χ4n) is 2.99. The van der Waals surface area contributed by atoms with E-state index in [2.05, 4.69) is 33.4 Å². The van der Waals surface area contributed by atoms with Gasteiger partial charge in [-0.2, -0.15) is 0 Å². The minimum Gasteiger partial charge on any atom is -0.497 e. The lowest BCUT2D eigenvalue weighted by Gasteiger charge is -2.22. The summed E-state index contributed by atoms with van der Waals surface area (Å²) in [5, 5.41) is 3.43. The van der Waals surface area contributed by atoms with Crippen molar-refractivity contribution in [1.82, 2.24) is 10.2 Å². The molecule has 0 fully saturated rings. The lowest BCUT2D eigenvalue weighted by molar-refractivity contribution is 0.354. The lowest BCUT2D eigenvalue weighted by atomic mass is 10.1. The summed E-state index contributed by atoms with van der Waals surface area (Å²) in [6.07, 6.45) is 1.94. The van der Waals surface area contributed by atoms with Crippen molar-refractivity contribution in [3.05, 3.63) is 53.6 Å². The van der Waals surface area contributed by atoms with E-state index in [1.54, 1.807) is 28.4 Å². The maximum Gasteiger partial charge on any atom is 0.193 e. The number of rotatable bonds is 9. The molecule has 0 saturated carbocycles. The number of nitrogens with one attached hydrogen (secondary N) is 1. The number of benzene rings is 2. The second-order valence-corrected chi connectivity index (χ2v) is 6.47. The van der Waals surface area contributed by atoms with Crippen molar-refractivity contribution < 1.29 is 14.2 Å². The molecule has 6 nitrogen and oxygen atoms in total. The minimum absolute atomic E-state index is 0. The Morgan fingerprint density at radius 3 is 2.17 bits per heavy atom. The number of methoxy groups -OCH3 is 3. The van der Waals surface area contributed by atoms with E-state index in [0.717, 1.165) is 49.1 Å². The fourth-order valence-corrected chi connectivity index (χ4v) is 2.99. The molecule has 2 rings (SSSR count). The Morgan fingerprint density at radius 1 is 0.931 bits per heavy atom. The summed E-state index contributed by atoms with van der Waals surface area (Å²) in [4.78, 5) is 6.49. The Hall–Kier alpha value is -2.16. The van der Waals surface area contributed by atoms with Crippen molar-refractivity contribution >= 4 is 29.9 Å². The monoisotopic (exact) mass is 513 g/mol. The molecule has 0 radical (unpaired) electrons.